The molecule has 0 aliphatic carbocycles. The fourth-order valence-electron chi connectivity index (χ4n) is 3.15. The van der Waals surface area contributed by atoms with Crippen molar-refractivity contribution in [2.45, 2.75) is 19.4 Å². The molecule has 2 unspecified atom stereocenters. The van der Waals surface area contributed by atoms with Crippen molar-refractivity contribution in [3.63, 3.8) is 0 Å². The van der Waals surface area contributed by atoms with Gasteiger partial charge in [0.15, 0.2) is 4.77 Å². The Kier molecular flexibility index (Phi) is 3.53. The number of nitrogens with zero attached hydrogens (tertiary/aromatic N) is 2. The maximum Gasteiger partial charge on any atom is 0.178 e. The van der Waals surface area contributed by atoms with E-state index in [2.05, 4.69) is 62.6 Å². The molecule has 1 N–H and O–H groups in total. The van der Waals surface area contributed by atoms with Gasteiger partial charge in [0.05, 0.1) is 11.0 Å². The van der Waals surface area contributed by atoms with Gasteiger partial charge in [-0.2, -0.15) is 0 Å². The van der Waals surface area contributed by atoms with Crippen molar-refractivity contribution >= 4 is 39.2 Å². The lowest BCUT2D eigenvalue weighted by Gasteiger charge is -2.35. The van der Waals surface area contributed by atoms with Crippen LogP contribution in [0.4, 0.5) is 0 Å². The van der Waals surface area contributed by atoms with Crippen molar-refractivity contribution < 1.29 is 0 Å². The Balaban J connectivity index is 2.11. The van der Waals surface area contributed by atoms with E-state index in [1.54, 1.807) is 0 Å². The third kappa shape index (κ3) is 2.39. The van der Waals surface area contributed by atoms with E-state index in [1.165, 1.54) is 5.52 Å². The van der Waals surface area contributed by atoms with Crippen molar-refractivity contribution in [3.05, 3.63) is 27.4 Å². The molecule has 2 aromatic rings. The van der Waals surface area contributed by atoms with Crippen LogP contribution in [0, 0.1) is 10.7 Å². The molecule has 3 rings (SSSR count). The first-order chi connectivity index (χ1) is 9.06. The second-order valence-electron chi connectivity index (χ2n) is 5.56. The minimum atomic E-state index is 0.492. The number of rotatable bonds is 1. The molecule has 2 atom stereocenters. The number of imidazole rings is 1. The molecule has 0 saturated carbocycles. The van der Waals surface area contributed by atoms with Gasteiger partial charge in [0.2, 0.25) is 0 Å². The van der Waals surface area contributed by atoms with Crippen molar-refractivity contribution in [1.82, 2.24) is 14.5 Å². The number of H-pyrrole nitrogens is 1. The topological polar surface area (TPSA) is 24.0 Å². The lowest BCUT2D eigenvalue weighted by atomic mass is 9.94. The molecule has 1 fully saturated rings. The highest BCUT2D eigenvalue weighted by Crippen LogP contribution is 2.32. The quantitative estimate of drug-likeness (QED) is 0.794. The van der Waals surface area contributed by atoms with Crippen LogP contribution in [0.25, 0.3) is 11.0 Å². The SMILES string of the molecule is CC1CN(C)CCC1n1c(=S)[nH]c2ccc(Br)cc21. The Morgan fingerprint density at radius 1 is 1.42 bits per heavy atom. The molecule has 0 amide bonds. The second-order valence-corrected chi connectivity index (χ2v) is 6.86. The summed E-state index contributed by atoms with van der Waals surface area (Å²) in [4.78, 5) is 5.73. The molecule has 102 valence electrons. The van der Waals surface area contributed by atoms with E-state index in [0.717, 1.165) is 34.3 Å². The van der Waals surface area contributed by atoms with Crippen molar-refractivity contribution in [2.24, 2.45) is 5.92 Å². The molecule has 0 spiro atoms. The fourth-order valence-corrected chi connectivity index (χ4v) is 3.84. The van der Waals surface area contributed by atoms with Gasteiger partial charge in [-0.05, 0) is 56.3 Å². The van der Waals surface area contributed by atoms with Crippen LogP contribution in [0.5, 0.6) is 0 Å². The molecular weight excluding hydrogens is 322 g/mol. The van der Waals surface area contributed by atoms with E-state index < -0.39 is 0 Å². The summed E-state index contributed by atoms with van der Waals surface area (Å²) in [5.74, 6) is 0.614. The van der Waals surface area contributed by atoms with Crippen molar-refractivity contribution in [1.29, 1.82) is 0 Å². The first kappa shape index (κ1) is 13.3. The summed E-state index contributed by atoms with van der Waals surface area (Å²) in [6.07, 6.45) is 1.16. The molecule has 19 heavy (non-hydrogen) atoms. The number of aromatic nitrogens is 2. The minimum absolute atomic E-state index is 0.492. The summed E-state index contributed by atoms with van der Waals surface area (Å²) in [7, 11) is 2.19. The number of piperidine rings is 1. The van der Waals surface area contributed by atoms with Crippen LogP contribution >= 0.6 is 28.1 Å². The van der Waals surface area contributed by atoms with Crippen molar-refractivity contribution in [3.8, 4) is 0 Å². The van der Waals surface area contributed by atoms with Crippen LogP contribution in [0.3, 0.4) is 0 Å². The van der Waals surface area contributed by atoms with Crippen LogP contribution in [-0.2, 0) is 0 Å². The molecule has 0 radical (unpaired) electrons. The predicted octanol–water partition coefficient (Wildman–Crippen LogP) is 3.97. The van der Waals surface area contributed by atoms with E-state index in [4.69, 9.17) is 12.2 Å². The smallest absolute Gasteiger partial charge is 0.178 e. The van der Waals surface area contributed by atoms with Crippen molar-refractivity contribution in [2.75, 3.05) is 20.1 Å². The molecular formula is C14H18BrN3S. The van der Waals surface area contributed by atoms with Gasteiger partial charge in [-0.25, -0.2) is 0 Å². The zero-order valence-corrected chi connectivity index (χ0v) is 13.6. The highest BCUT2D eigenvalue weighted by Gasteiger charge is 2.27. The maximum atomic E-state index is 5.54. The largest absolute Gasteiger partial charge is 0.331 e. The van der Waals surface area contributed by atoms with Gasteiger partial charge in [0.25, 0.3) is 0 Å². The molecule has 1 saturated heterocycles. The van der Waals surface area contributed by atoms with E-state index in [-0.39, 0.29) is 0 Å². The standard InChI is InChI=1S/C14H18BrN3S/c1-9-8-17(2)6-5-12(9)18-13-7-10(15)3-4-11(13)16-14(18)19/h3-4,7,9,12H,5-6,8H2,1-2H3,(H,16,19). The van der Waals surface area contributed by atoms with Crippen LogP contribution in [0.1, 0.15) is 19.4 Å². The number of benzene rings is 1. The van der Waals surface area contributed by atoms with Gasteiger partial charge in [-0.1, -0.05) is 22.9 Å². The fraction of sp³-hybridized carbons (Fsp3) is 0.500. The third-order valence-corrected chi connectivity index (χ3v) is 4.87. The number of nitrogens with one attached hydrogen (secondary N) is 1. The lowest BCUT2D eigenvalue weighted by Crippen LogP contribution is -2.37. The number of hydrogen-bond acceptors (Lipinski definition) is 2. The van der Waals surface area contributed by atoms with Crippen LogP contribution in [-0.4, -0.2) is 34.6 Å². The van der Waals surface area contributed by atoms with Crippen LogP contribution < -0.4 is 0 Å². The Labute approximate surface area is 126 Å². The van der Waals surface area contributed by atoms with Crippen LogP contribution in [0.2, 0.25) is 0 Å². The van der Waals surface area contributed by atoms with E-state index in [0.29, 0.717) is 12.0 Å². The summed E-state index contributed by atoms with van der Waals surface area (Å²) in [6, 6.07) is 6.79. The zero-order valence-electron chi connectivity index (χ0n) is 11.2. The monoisotopic (exact) mass is 339 g/mol. The summed E-state index contributed by atoms with van der Waals surface area (Å²) in [6.45, 7) is 4.59. The first-order valence-corrected chi connectivity index (χ1v) is 7.84. The lowest BCUT2D eigenvalue weighted by molar-refractivity contribution is 0.160. The Hall–Kier alpha value is -0.650. The number of likely N-dealkylation sites (tertiary alicyclic amines) is 1. The Morgan fingerprint density at radius 3 is 2.95 bits per heavy atom. The van der Waals surface area contributed by atoms with Gasteiger partial charge >= 0.3 is 0 Å². The normalized spacial score (nSPS) is 25.0. The summed E-state index contributed by atoms with van der Waals surface area (Å²) >= 11 is 9.09. The van der Waals surface area contributed by atoms with Gasteiger partial charge in [-0.15, -0.1) is 0 Å². The number of halogens is 1. The second kappa shape index (κ2) is 5.04. The van der Waals surface area contributed by atoms with E-state index >= 15 is 0 Å². The van der Waals surface area contributed by atoms with E-state index in [1.807, 2.05) is 0 Å². The van der Waals surface area contributed by atoms with Gasteiger partial charge in [-0.3, -0.25) is 0 Å². The predicted molar refractivity (Wildman–Crippen MR) is 85.1 cm³/mol. The first-order valence-electron chi connectivity index (χ1n) is 6.64. The molecule has 0 bridgehead atoms. The number of fused-ring (bicyclic) bond motifs is 1. The molecule has 1 aromatic heterocycles. The third-order valence-electron chi connectivity index (χ3n) is 4.07. The van der Waals surface area contributed by atoms with Gasteiger partial charge in [0.1, 0.15) is 0 Å². The minimum Gasteiger partial charge on any atom is -0.331 e. The molecule has 1 aliphatic rings. The van der Waals surface area contributed by atoms with Gasteiger partial charge < -0.3 is 14.5 Å². The summed E-state index contributed by atoms with van der Waals surface area (Å²) in [5, 5.41) is 0. The molecule has 2 heterocycles. The zero-order chi connectivity index (χ0) is 13.6. The average molecular weight is 340 g/mol. The summed E-state index contributed by atoms with van der Waals surface area (Å²) in [5.41, 5.74) is 2.33. The Bertz CT molecular complexity index is 660. The Morgan fingerprint density at radius 2 is 2.21 bits per heavy atom. The number of hydrogen-bond donors (Lipinski definition) is 1. The highest BCUT2D eigenvalue weighted by molar-refractivity contribution is 9.10. The maximum absolute atomic E-state index is 5.54. The van der Waals surface area contributed by atoms with E-state index in [9.17, 15) is 0 Å². The molecule has 1 aromatic carbocycles. The molecule has 5 heteroatoms. The average Bonchev–Trinajstić information content (AvgIpc) is 2.65. The molecule has 3 nitrogen and oxygen atoms in total. The van der Waals surface area contributed by atoms with Gasteiger partial charge in [0, 0.05) is 17.1 Å². The molecule has 1 aliphatic heterocycles. The van der Waals surface area contributed by atoms with Crippen LogP contribution in [0.15, 0.2) is 22.7 Å². The highest BCUT2D eigenvalue weighted by atomic mass is 79.9. The summed E-state index contributed by atoms with van der Waals surface area (Å²) < 4.78 is 4.26. The number of aromatic amines is 1.